The quantitative estimate of drug-likeness (QED) is 0.878. The van der Waals surface area contributed by atoms with Crippen LogP contribution in [0.25, 0.3) is 0 Å². The fraction of sp³-hybridized carbons (Fsp3) is 0.562. The molecule has 2 heterocycles. The molecule has 0 aliphatic carbocycles. The van der Waals surface area contributed by atoms with Crippen LogP contribution in [0.15, 0.2) is 22.7 Å². The van der Waals surface area contributed by atoms with Crippen LogP contribution >= 0.6 is 15.9 Å². The monoisotopic (exact) mass is 351 g/mol. The lowest BCUT2D eigenvalue weighted by Gasteiger charge is -2.24. The van der Waals surface area contributed by atoms with Crippen LogP contribution in [0.5, 0.6) is 0 Å². The normalized spacial score (nSPS) is 25.6. The Balaban J connectivity index is 1.55. The second kappa shape index (κ2) is 6.46. The molecule has 2 aliphatic heterocycles. The van der Waals surface area contributed by atoms with Gasteiger partial charge in [0.05, 0.1) is 6.54 Å². The predicted molar refractivity (Wildman–Crippen MR) is 88.5 cm³/mol. The van der Waals surface area contributed by atoms with E-state index in [0.29, 0.717) is 12.6 Å². The van der Waals surface area contributed by atoms with E-state index in [1.165, 1.54) is 12.8 Å². The maximum absolute atomic E-state index is 12.2. The van der Waals surface area contributed by atoms with Gasteiger partial charge in [-0.2, -0.15) is 0 Å². The molecule has 4 nitrogen and oxygen atoms in total. The minimum atomic E-state index is 0.0825. The predicted octanol–water partition coefficient (Wildman–Crippen LogP) is 2.38. The lowest BCUT2D eigenvalue weighted by atomic mass is 9.94. The third kappa shape index (κ3) is 3.65. The number of nitrogens with zero attached hydrogens (tertiary/aromatic N) is 1. The molecule has 2 atom stereocenters. The number of amides is 1. The van der Waals surface area contributed by atoms with Gasteiger partial charge in [0.15, 0.2) is 0 Å². The van der Waals surface area contributed by atoms with Gasteiger partial charge in [-0.05, 0) is 56.0 Å². The van der Waals surface area contributed by atoms with E-state index in [1.54, 1.807) is 0 Å². The van der Waals surface area contributed by atoms with Crippen LogP contribution < -0.4 is 10.6 Å². The molecule has 1 amide bonds. The zero-order valence-electron chi connectivity index (χ0n) is 12.4. The smallest absolute Gasteiger partial charge is 0.238 e. The number of piperidine rings is 1. The van der Waals surface area contributed by atoms with Crippen LogP contribution in [0.1, 0.15) is 18.4 Å². The summed E-state index contributed by atoms with van der Waals surface area (Å²) in [5, 5.41) is 6.59. The van der Waals surface area contributed by atoms with Crippen molar-refractivity contribution in [1.29, 1.82) is 0 Å². The summed E-state index contributed by atoms with van der Waals surface area (Å²) >= 11 is 3.44. The van der Waals surface area contributed by atoms with Crippen molar-refractivity contribution >= 4 is 27.5 Å². The zero-order chi connectivity index (χ0) is 14.8. The van der Waals surface area contributed by atoms with Gasteiger partial charge in [-0.3, -0.25) is 9.69 Å². The Morgan fingerprint density at radius 2 is 2.33 bits per heavy atom. The molecule has 21 heavy (non-hydrogen) atoms. The number of nitrogens with one attached hydrogen (secondary N) is 2. The molecular weight excluding hydrogens is 330 g/mol. The summed E-state index contributed by atoms with van der Waals surface area (Å²) < 4.78 is 1.03. The van der Waals surface area contributed by atoms with E-state index in [9.17, 15) is 4.79 Å². The standard InChI is InChI=1S/C16H22BrN3O/c1-11-7-13(17)4-5-14(11)19-16(21)10-20-8-12-3-2-6-18-15(12)9-20/h4-5,7,12,15,18H,2-3,6,8-10H2,1H3,(H,19,21). The molecule has 0 saturated carbocycles. The molecule has 114 valence electrons. The van der Waals surface area contributed by atoms with Crippen LogP contribution in [0.2, 0.25) is 0 Å². The number of rotatable bonds is 3. The SMILES string of the molecule is Cc1cc(Br)ccc1NC(=O)CN1CC2CCCNC2C1. The number of carbonyl (C=O) groups excluding carboxylic acids is 1. The summed E-state index contributed by atoms with van der Waals surface area (Å²) in [7, 11) is 0. The first-order chi connectivity index (χ1) is 10.1. The van der Waals surface area contributed by atoms with Crippen molar-refractivity contribution in [2.75, 3.05) is 31.5 Å². The molecule has 0 aromatic heterocycles. The maximum atomic E-state index is 12.2. The number of aryl methyl sites for hydroxylation is 1. The Bertz CT molecular complexity index is 520. The third-order valence-corrected chi connectivity index (χ3v) is 5.00. The lowest BCUT2D eigenvalue weighted by Crippen LogP contribution is -2.41. The number of anilines is 1. The molecular formula is C16H22BrN3O. The first-order valence-electron chi connectivity index (χ1n) is 7.63. The summed E-state index contributed by atoms with van der Waals surface area (Å²) in [6.07, 6.45) is 2.56. The van der Waals surface area contributed by atoms with Crippen molar-refractivity contribution in [1.82, 2.24) is 10.2 Å². The Hall–Kier alpha value is -0.910. The molecule has 2 fully saturated rings. The molecule has 0 spiro atoms. The van der Waals surface area contributed by atoms with E-state index in [4.69, 9.17) is 0 Å². The highest BCUT2D eigenvalue weighted by molar-refractivity contribution is 9.10. The molecule has 2 aliphatic rings. The maximum Gasteiger partial charge on any atom is 0.238 e. The Morgan fingerprint density at radius 3 is 3.10 bits per heavy atom. The number of hydrogen-bond donors (Lipinski definition) is 2. The van der Waals surface area contributed by atoms with E-state index in [-0.39, 0.29) is 5.91 Å². The summed E-state index contributed by atoms with van der Waals surface area (Å²) in [6.45, 7) is 5.67. The fourth-order valence-electron chi connectivity index (χ4n) is 3.43. The summed E-state index contributed by atoms with van der Waals surface area (Å²) in [6, 6.07) is 6.50. The first-order valence-corrected chi connectivity index (χ1v) is 8.43. The molecule has 2 unspecified atom stereocenters. The van der Waals surface area contributed by atoms with Gasteiger partial charge >= 0.3 is 0 Å². The molecule has 1 aromatic carbocycles. The molecule has 2 saturated heterocycles. The van der Waals surface area contributed by atoms with Crippen LogP contribution in [0.4, 0.5) is 5.69 Å². The van der Waals surface area contributed by atoms with E-state index in [0.717, 1.165) is 41.3 Å². The number of fused-ring (bicyclic) bond motifs is 1. The second-order valence-electron chi connectivity index (χ2n) is 6.16. The minimum Gasteiger partial charge on any atom is -0.325 e. The van der Waals surface area contributed by atoms with E-state index in [1.807, 2.05) is 25.1 Å². The summed E-state index contributed by atoms with van der Waals surface area (Å²) in [5.41, 5.74) is 1.98. The molecule has 0 bridgehead atoms. The summed E-state index contributed by atoms with van der Waals surface area (Å²) in [5.74, 6) is 0.806. The zero-order valence-corrected chi connectivity index (χ0v) is 13.9. The van der Waals surface area contributed by atoms with Gasteiger partial charge in [-0.15, -0.1) is 0 Å². The van der Waals surface area contributed by atoms with Crippen LogP contribution in [0.3, 0.4) is 0 Å². The largest absolute Gasteiger partial charge is 0.325 e. The van der Waals surface area contributed by atoms with Crippen LogP contribution in [0, 0.1) is 12.8 Å². The highest BCUT2D eigenvalue weighted by Gasteiger charge is 2.34. The molecule has 0 radical (unpaired) electrons. The minimum absolute atomic E-state index is 0.0825. The second-order valence-corrected chi connectivity index (χ2v) is 7.08. The van der Waals surface area contributed by atoms with Gasteiger partial charge < -0.3 is 10.6 Å². The van der Waals surface area contributed by atoms with E-state index in [2.05, 4.69) is 31.5 Å². The van der Waals surface area contributed by atoms with Gasteiger partial charge in [0.1, 0.15) is 0 Å². The number of benzene rings is 1. The topological polar surface area (TPSA) is 44.4 Å². The molecule has 5 heteroatoms. The van der Waals surface area contributed by atoms with Crippen molar-refractivity contribution < 1.29 is 4.79 Å². The van der Waals surface area contributed by atoms with Crippen molar-refractivity contribution in [2.24, 2.45) is 5.92 Å². The molecule has 1 aromatic rings. The van der Waals surface area contributed by atoms with Crippen molar-refractivity contribution in [3.63, 3.8) is 0 Å². The van der Waals surface area contributed by atoms with Crippen molar-refractivity contribution in [3.05, 3.63) is 28.2 Å². The average Bonchev–Trinajstić information content (AvgIpc) is 2.84. The van der Waals surface area contributed by atoms with Gasteiger partial charge in [-0.25, -0.2) is 0 Å². The molecule has 3 rings (SSSR count). The first kappa shape index (κ1) is 15.0. The van der Waals surface area contributed by atoms with Gasteiger partial charge in [-0.1, -0.05) is 15.9 Å². The molecule has 2 N–H and O–H groups in total. The Labute approximate surface area is 134 Å². The third-order valence-electron chi connectivity index (χ3n) is 4.50. The van der Waals surface area contributed by atoms with Gasteiger partial charge in [0.2, 0.25) is 5.91 Å². The fourth-order valence-corrected chi connectivity index (χ4v) is 3.90. The lowest BCUT2D eigenvalue weighted by molar-refractivity contribution is -0.117. The van der Waals surface area contributed by atoms with Crippen molar-refractivity contribution in [2.45, 2.75) is 25.8 Å². The van der Waals surface area contributed by atoms with Crippen LogP contribution in [-0.4, -0.2) is 43.0 Å². The van der Waals surface area contributed by atoms with Crippen molar-refractivity contribution in [3.8, 4) is 0 Å². The highest BCUT2D eigenvalue weighted by atomic mass is 79.9. The van der Waals surface area contributed by atoms with Crippen LogP contribution in [-0.2, 0) is 4.79 Å². The Morgan fingerprint density at radius 1 is 1.48 bits per heavy atom. The number of halogens is 1. The van der Waals surface area contributed by atoms with Gasteiger partial charge in [0, 0.05) is 29.3 Å². The average molecular weight is 352 g/mol. The Kier molecular flexibility index (Phi) is 4.62. The summed E-state index contributed by atoms with van der Waals surface area (Å²) in [4.78, 5) is 14.5. The van der Waals surface area contributed by atoms with E-state index >= 15 is 0 Å². The van der Waals surface area contributed by atoms with E-state index < -0.39 is 0 Å². The number of carbonyl (C=O) groups is 1. The van der Waals surface area contributed by atoms with Gasteiger partial charge in [0.25, 0.3) is 0 Å². The highest BCUT2D eigenvalue weighted by Crippen LogP contribution is 2.25. The number of hydrogen-bond acceptors (Lipinski definition) is 3. The number of likely N-dealkylation sites (tertiary alicyclic amines) is 1.